The minimum atomic E-state index is -0.323. The molecule has 2 N–H and O–H groups in total. The Labute approximate surface area is 185 Å². The number of rotatable bonds is 6. The van der Waals surface area contributed by atoms with Gasteiger partial charge in [-0.3, -0.25) is 14.9 Å². The van der Waals surface area contributed by atoms with Crippen LogP contribution in [0.2, 0.25) is 0 Å². The van der Waals surface area contributed by atoms with Crippen LogP contribution in [0.5, 0.6) is 0 Å². The average molecular weight is 436 g/mol. The first-order valence-corrected chi connectivity index (χ1v) is 10.5. The minimum Gasteiger partial charge on any atom is -0.337 e. The van der Waals surface area contributed by atoms with Gasteiger partial charge in [0.1, 0.15) is 0 Å². The van der Waals surface area contributed by atoms with Gasteiger partial charge >= 0.3 is 0 Å². The molecule has 2 aromatic carbocycles. The van der Waals surface area contributed by atoms with Crippen molar-refractivity contribution in [3.63, 3.8) is 0 Å². The third-order valence-corrected chi connectivity index (χ3v) is 5.20. The first-order valence-electron chi connectivity index (χ1n) is 9.24. The zero-order chi connectivity index (χ0) is 21.3. The van der Waals surface area contributed by atoms with Gasteiger partial charge in [0.25, 0.3) is 5.91 Å². The number of hydrogen-bond acceptors (Lipinski definition) is 4. The van der Waals surface area contributed by atoms with Gasteiger partial charge in [-0.25, -0.2) is 0 Å². The Balaban J connectivity index is 1.57. The average Bonchev–Trinajstić information content (AvgIpc) is 3.26. The quantitative estimate of drug-likeness (QED) is 0.441. The van der Waals surface area contributed by atoms with E-state index in [0.29, 0.717) is 17.8 Å². The third-order valence-electron chi connectivity index (χ3n) is 4.16. The normalized spacial score (nSPS) is 10.6. The molecule has 5 nitrogen and oxygen atoms in total. The second-order valence-electron chi connectivity index (χ2n) is 6.52. The number of carbonyl (C=O) groups is 2. The van der Waals surface area contributed by atoms with Gasteiger partial charge in [0, 0.05) is 35.8 Å². The summed E-state index contributed by atoms with van der Waals surface area (Å²) >= 11 is 6.75. The molecule has 0 atom stereocenters. The van der Waals surface area contributed by atoms with Gasteiger partial charge in [-0.15, -0.1) is 11.3 Å². The molecule has 0 saturated carbocycles. The number of thiocarbonyl (C=S) groups is 1. The monoisotopic (exact) mass is 435 g/mol. The standard InChI is InChI=1S/C23H21N3O2S2/c1-26(16-17-7-3-2-4-8-17)22(28)18-9-5-10-19(15-18)24-23(29)25-21(27)13-12-20-11-6-14-30-20/h2-15H,16H2,1H3,(H2,24,25,27,29)/b13-12+. The van der Waals surface area contributed by atoms with E-state index >= 15 is 0 Å². The number of hydrogen-bond donors (Lipinski definition) is 2. The Hall–Kier alpha value is -3.29. The first kappa shape index (κ1) is 21.4. The highest BCUT2D eigenvalue weighted by molar-refractivity contribution is 7.80. The minimum absolute atomic E-state index is 0.101. The van der Waals surface area contributed by atoms with Crippen LogP contribution in [-0.2, 0) is 11.3 Å². The van der Waals surface area contributed by atoms with Gasteiger partial charge in [0.15, 0.2) is 5.11 Å². The number of carbonyl (C=O) groups excluding carboxylic acids is 2. The van der Waals surface area contributed by atoms with Gasteiger partial charge in [0.05, 0.1) is 0 Å². The largest absolute Gasteiger partial charge is 0.337 e. The lowest BCUT2D eigenvalue weighted by molar-refractivity contribution is -0.115. The Morgan fingerprint density at radius 1 is 1.07 bits per heavy atom. The number of thiophene rings is 1. The Bertz CT molecular complexity index is 1050. The fourth-order valence-corrected chi connectivity index (χ4v) is 3.58. The van der Waals surface area contributed by atoms with Crippen LogP contribution >= 0.6 is 23.6 Å². The van der Waals surface area contributed by atoms with Crippen LogP contribution in [0, 0.1) is 0 Å². The van der Waals surface area contributed by atoms with Crippen molar-refractivity contribution in [1.29, 1.82) is 0 Å². The lowest BCUT2D eigenvalue weighted by Gasteiger charge is -2.18. The maximum Gasteiger partial charge on any atom is 0.253 e. The summed E-state index contributed by atoms with van der Waals surface area (Å²) in [5.74, 6) is -0.424. The molecule has 1 heterocycles. The van der Waals surface area contributed by atoms with Crippen LogP contribution in [0.15, 0.2) is 78.2 Å². The number of anilines is 1. The van der Waals surface area contributed by atoms with E-state index in [-0.39, 0.29) is 16.9 Å². The van der Waals surface area contributed by atoms with Gasteiger partial charge in [0.2, 0.25) is 5.91 Å². The van der Waals surface area contributed by atoms with E-state index < -0.39 is 0 Å². The van der Waals surface area contributed by atoms with E-state index in [2.05, 4.69) is 10.6 Å². The molecule has 0 bridgehead atoms. The molecule has 30 heavy (non-hydrogen) atoms. The summed E-state index contributed by atoms with van der Waals surface area (Å²) in [5, 5.41) is 7.65. The summed E-state index contributed by atoms with van der Waals surface area (Å²) in [5.41, 5.74) is 2.22. The van der Waals surface area contributed by atoms with E-state index in [4.69, 9.17) is 12.2 Å². The highest BCUT2D eigenvalue weighted by Gasteiger charge is 2.13. The van der Waals surface area contributed by atoms with Gasteiger partial charge in [-0.05, 0) is 53.5 Å². The van der Waals surface area contributed by atoms with Crippen molar-refractivity contribution in [1.82, 2.24) is 10.2 Å². The zero-order valence-corrected chi connectivity index (χ0v) is 18.0. The maximum atomic E-state index is 12.7. The molecule has 0 aliphatic carbocycles. The number of benzene rings is 2. The van der Waals surface area contributed by atoms with Crippen molar-refractivity contribution in [3.8, 4) is 0 Å². The molecule has 0 radical (unpaired) electrons. The summed E-state index contributed by atoms with van der Waals surface area (Å²) in [6.07, 6.45) is 3.16. The fraction of sp³-hybridized carbons (Fsp3) is 0.0870. The molecule has 3 aromatic rings. The lowest BCUT2D eigenvalue weighted by atomic mass is 10.1. The predicted molar refractivity (Wildman–Crippen MR) is 126 cm³/mol. The summed E-state index contributed by atoms with van der Waals surface area (Å²) < 4.78 is 0. The fourth-order valence-electron chi connectivity index (χ4n) is 2.74. The van der Waals surface area contributed by atoms with Crippen LogP contribution in [0.3, 0.4) is 0 Å². The van der Waals surface area contributed by atoms with E-state index in [9.17, 15) is 9.59 Å². The number of nitrogens with one attached hydrogen (secondary N) is 2. The highest BCUT2D eigenvalue weighted by Crippen LogP contribution is 2.14. The predicted octanol–water partition coefficient (Wildman–Crippen LogP) is 4.55. The van der Waals surface area contributed by atoms with Crippen molar-refractivity contribution in [2.24, 2.45) is 0 Å². The van der Waals surface area contributed by atoms with Crippen molar-refractivity contribution in [2.75, 3.05) is 12.4 Å². The van der Waals surface area contributed by atoms with Crippen LogP contribution in [0.1, 0.15) is 20.8 Å². The molecule has 7 heteroatoms. The molecule has 0 saturated heterocycles. The molecule has 1 aromatic heterocycles. The zero-order valence-electron chi connectivity index (χ0n) is 16.4. The molecular formula is C23H21N3O2S2. The molecule has 0 aliphatic heterocycles. The molecule has 0 unspecified atom stereocenters. The second kappa shape index (κ2) is 10.5. The smallest absolute Gasteiger partial charge is 0.253 e. The Morgan fingerprint density at radius 3 is 2.60 bits per heavy atom. The van der Waals surface area contributed by atoms with E-state index in [1.54, 1.807) is 53.6 Å². The summed E-state index contributed by atoms with van der Waals surface area (Å²) in [4.78, 5) is 27.4. The third kappa shape index (κ3) is 6.37. The Kier molecular flexibility index (Phi) is 7.48. The molecule has 0 fully saturated rings. The van der Waals surface area contributed by atoms with Crippen LogP contribution in [0.4, 0.5) is 5.69 Å². The summed E-state index contributed by atoms with van der Waals surface area (Å²) in [6, 6.07) is 20.7. The molecular weight excluding hydrogens is 414 g/mol. The second-order valence-corrected chi connectivity index (χ2v) is 7.91. The summed E-state index contributed by atoms with van der Waals surface area (Å²) in [7, 11) is 1.76. The van der Waals surface area contributed by atoms with Crippen molar-refractivity contribution >= 4 is 52.2 Å². The van der Waals surface area contributed by atoms with Crippen LogP contribution in [0.25, 0.3) is 6.08 Å². The van der Waals surface area contributed by atoms with Crippen molar-refractivity contribution in [3.05, 3.63) is 94.2 Å². The summed E-state index contributed by atoms with van der Waals surface area (Å²) in [6.45, 7) is 0.516. The topological polar surface area (TPSA) is 61.4 Å². The molecule has 0 spiro atoms. The number of amides is 2. The van der Waals surface area contributed by atoms with E-state index in [1.165, 1.54) is 6.08 Å². The van der Waals surface area contributed by atoms with Gasteiger partial charge in [-0.2, -0.15) is 0 Å². The SMILES string of the molecule is CN(Cc1ccccc1)C(=O)c1cccc(NC(=S)NC(=O)/C=C/c2cccs2)c1. The van der Waals surface area contributed by atoms with E-state index in [1.807, 2.05) is 47.8 Å². The van der Waals surface area contributed by atoms with Crippen LogP contribution < -0.4 is 10.6 Å². The number of nitrogens with zero attached hydrogens (tertiary/aromatic N) is 1. The van der Waals surface area contributed by atoms with Crippen molar-refractivity contribution < 1.29 is 9.59 Å². The molecule has 2 amide bonds. The molecule has 3 rings (SSSR count). The molecule has 0 aliphatic rings. The lowest BCUT2D eigenvalue weighted by Crippen LogP contribution is -2.33. The maximum absolute atomic E-state index is 12.7. The van der Waals surface area contributed by atoms with Gasteiger partial charge in [-0.1, -0.05) is 42.5 Å². The Morgan fingerprint density at radius 2 is 1.87 bits per heavy atom. The van der Waals surface area contributed by atoms with E-state index in [0.717, 1.165) is 10.4 Å². The highest BCUT2D eigenvalue weighted by atomic mass is 32.1. The molecule has 152 valence electrons. The first-order chi connectivity index (χ1) is 14.5. The van der Waals surface area contributed by atoms with Gasteiger partial charge < -0.3 is 10.2 Å². The van der Waals surface area contributed by atoms with Crippen LogP contribution in [-0.4, -0.2) is 28.9 Å². The van der Waals surface area contributed by atoms with Crippen molar-refractivity contribution in [2.45, 2.75) is 6.54 Å².